The average molecular weight is 277 g/mol. The van der Waals surface area contributed by atoms with Gasteiger partial charge in [0.1, 0.15) is 0 Å². The summed E-state index contributed by atoms with van der Waals surface area (Å²) in [4.78, 5) is 0. The Kier molecular flexibility index (Phi) is 4.60. The molecule has 0 aromatic heterocycles. The number of nitrogens with zero attached hydrogens (tertiary/aromatic N) is 1. The number of nitrogens with two attached hydrogens (primary N) is 1. The van der Waals surface area contributed by atoms with Crippen LogP contribution in [0.5, 0.6) is 0 Å². The van der Waals surface area contributed by atoms with Gasteiger partial charge >= 0.3 is 0 Å². The van der Waals surface area contributed by atoms with E-state index in [0.717, 1.165) is 19.3 Å². The number of fused-ring (bicyclic) bond motifs is 1. The second-order valence-corrected chi connectivity index (χ2v) is 6.98. The summed E-state index contributed by atoms with van der Waals surface area (Å²) >= 11 is 0. The minimum Gasteiger partial charge on any atom is -0.383 e. The molecule has 0 aromatic carbocycles. The molecule has 0 radical (unpaired) electrons. The molecule has 18 heavy (non-hydrogen) atoms. The summed E-state index contributed by atoms with van der Waals surface area (Å²) in [7, 11) is -1.81. The van der Waals surface area contributed by atoms with Crippen molar-refractivity contribution in [1.29, 1.82) is 0 Å². The predicted octanol–water partition coefficient (Wildman–Crippen LogP) is -0.474. The van der Waals surface area contributed by atoms with E-state index in [1.165, 1.54) is 0 Å². The maximum Gasteiger partial charge on any atom is 0.279 e. The van der Waals surface area contributed by atoms with Gasteiger partial charge in [0.05, 0.1) is 6.61 Å². The molecule has 106 valence electrons. The zero-order valence-corrected chi connectivity index (χ0v) is 11.7. The number of hydrogen-bond acceptors (Lipinski definition) is 4. The third-order valence-corrected chi connectivity index (χ3v) is 5.60. The van der Waals surface area contributed by atoms with Crippen molar-refractivity contribution in [3.8, 4) is 0 Å². The third-order valence-electron chi connectivity index (χ3n) is 4.05. The molecule has 2 fully saturated rings. The van der Waals surface area contributed by atoms with Gasteiger partial charge in [0.2, 0.25) is 0 Å². The average Bonchev–Trinajstić information content (AvgIpc) is 2.75. The van der Waals surface area contributed by atoms with Crippen molar-refractivity contribution in [2.75, 3.05) is 33.4 Å². The lowest BCUT2D eigenvalue weighted by atomic mass is 9.78. The Morgan fingerprint density at radius 1 is 1.39 bits per heavy atom. The van der Waals surface area contributed by atoms with Gasteiger partial charge in [-0.1, -0.05) is 6.42 Å². The van der Waals surface area contributed by atoms with E-state index in [0.29, 0.717) is 38.1 Å². The standard InChI is InChI=1S/C11H23N3O3S/c1-17-6-5-13-18(15,16)14-7-9-3-2-4-11(12)10(9)8-14/h9-11,13H,2-8,12H2,1H3. The quantitative estimate of drug-likeness (QED) is 0.665. The number of nitrogens with one attached hydrogen (secondary N) is 1. The van der Waals surface area contributed by atoms with E-state index in [2.05, 4.69) is 4.72 Å². The first kappa shape index (κ1) is 14.2. The first-order valence-corrected chi connectivity index (χ1v) is 7.98. The molecule has 1 heterocycles. The minimum atomic E-state index is -3.37. The molecular weight excluding hydrogens is 254 g/mol. The number of rotatable bonds is 5. The van der Waals surface area contributed by atoms with Crippen molar-refractivity contribution in [2.45, 2.75) is 25.3 Å². The highest BCUT2D eigenvalue weighted by atomic mass is 32.2. The molecule has 7 heteroatoms. The summed E-state index contributed by atoms with van der Waals surface area (Å²) in [6, 6.07) is 0.155. The van der Waals surface area contributed by atoms with Gasteiger partial charge in [0, 0.05) is 32.8 Å². The Hall–Kier alpha value is -0.210. The molecule has 6 nitrogen and oxygen atoms in total. The Morgan fingerprint density at radius 2 is 2.17 bits per heavy atom. The normalized spacial score (nSPS) is 33.6. The smallest absolute Gasteiger partial charge is 0.279 e. The zero-order chi connectivity index (χ0) is 13.2. The van der Waals surface area contributed by atoms with Crippen LogP contribution in [0.4, 0.5) is 0 Å². The maximum atomic E-state index is 12.1. The van der Waals surface area contributed by atoms with Crippen LogP contribution in [-0.4, -0.2) is 52.1 Å². The third kappa shape index (κ3) is 3.03. The molecule has 1 aliphatic carbocycles. The van der Waals surface area contributed by atoms with Gasteiger partial charge in [0.25, 0.3) is 10.2 Å². The highest BCUT2D eigenvalue weighted by Gasteiger charge is 2.42. The largest absolute Gasteiger partial charge is 0.383 e. The Labute approximate surface area is 109 Å². The summed E-state index contributed by atoms with van der Waals surface area (Å²) in [5.74, 6) is 0.769. The van der Waals surface area contributed by atoms with E-state index in [4.69, 9.17) is 10.5 Å². The van der Waals surface area contributed by atoms with Crippen LogP contribution >= 0.6 is 0 Å². The Morgan fingerprint density at radius 3 is 2.83 bits per heavy atom. The second kappa shape index (κ2) is 5.83. The summed E-state index contributed by atoms with van der Waals surface area (Å²) in [5, 5.41) is 0. The van der Waals surface area contributed by atoms with E-state index in [-0.39, 0.29) is 6.04 Å². The first-order valence-electron chi connectivity index (χ1n) is 6.54. The van der Waals surface area contributed by atoms with Crippen LogP contribution in [0, 0.1) is 11.8 Å². The summed E-state index contributed by atoms with van der Waals surface area (Å²) in [6.45, 7) is 1.88. The van der Waals surface area contributed by atoms with Gasteiger partial charge in [-0.15, -0.1) is 0 Å². The van der Waals surface area contributed by atoms with Gasteiger partial charge in [-0.2, -0.15) is 17.4 Å². The Bertz CT molecular complexity index is 374. The van der Waals surface area contributed by atoms with Gasteiger partial charge in [-0.3, -0.25) is 0 Å². The van der Waals surface area contributed by atoms with Gasteiger partial charge in [-0.05, 0) is 24.7 Å². The lowest BCUT2D eigenvalue weighted by molar-refractivity contribution is 0.204. The van der Waals surface area contributed by atoms with Gasteiger partial charge in [-0.25, -0.2) is 0 Å². The molecule has 0 amide bonds. The lowest BCUT2D eigenvalue weighted by Gasteiger charge is -2.29. The highest BCUT2D eigenvalue weighted by molar-refractivity contribution is 7.87. The molecule has 2 rings (SSSR count). The van der Waals surface area contributed by atoms with Crippen LogP contribution in [-0.2, 0) is 14.9 Å². The topological polar surface area (TPSA) is 84.7 Å². The fourth-order valence-corrected chi connectivity index (χ4v) is 4.32. The molecule has 3 unspecified atom stereocenters. The van der Waals surface area contributed by atoms with E-state index < -0.39 is 10.2 Å². The van der Waals surface area contributed by atoms with Crippen LogP contribution in [0.25, 0.3) is 0 Å². The minimum absolute atomic E-state index is 0.155. The maximum absolute atomic E-state index is 12.1. The lowest BCUT2D eigenvalue weighted by Crippen LogP contribution is -2.42. The number of ether oxygens (including phenoxy) is 1. The molecular formula is C11H23N3O3S. The second-order valence-electron chi connectivity index (χ2n) is 5.23. The fraction of sp³-hybridized carbons (Fsp3) is 1.00. The van der Waals surface area contributed by atoms with Gasteiger partial charge < -0.3 is 10.5 Å². The number of methoxy groups -OCH3 is 1. The van der Waals surface area contributed by atoms with E-state index in [1.807, 2.05) is 0 Å². The van der Waals surface area contributed by atoms with Crippen molar-refractivity contribution < 1.29 is 13.2 Å². The molecule has 0 aromatic rings. The van der Waals surface area contributed by atoms with E-state index in [1.54, 1.807) is 11.4 Å². The molecule has 2 aliphatic rings. The summed E-state index contributed by atoms with van der Waals surface area (Å²) in [6.07, 6.45) is 3.24. The van der Waals surface area contributed by atoms with Crippen molar-refractivity contribution >= 4 is 10.2 Å². The van der Waals surface area contributed by atoms with Gasteiger partial charge in [0.15, 0.2) is 0 Å². The van der Waals surface area contributed by atoms with Crippen LogP contribution in [0.15, 0.2) is 0 Å². The van der Waals surface area contributed by atoms with Crippen LogP contribution in [0.1, 0.15) is 19.3 Å². The van der Waals surface area contributed by atoms with Crippen LogP contribution in [0.3, 0.4) is 0 Å². The molecule has 0 bridgehead atoms. The molecule has 3 N–H and O–H groups in total. The van der Waals surface area contributed by atoms with Crippen molar-refractivity contribution in [1.82, 2.24) is 9.03 Å². The van der Waals surface area contributed by atoms with Crippen LogP contribution < -0.4 is 10.5 Å². The fourth-order valence-electron chi connectivity index (χ4n) is 3.04. The van der Waals surface area contributed by atoms with Crippen molar-refractivity contribution in [3.05, 3.63) is 0 Å². The molecule has 1 aliphatic heterocycles. The predicted molar refractivity (Wildman–Crippen MR) is 69.2 cm³/mol. The first-order chi connectivity index (χ1) is 8.54. The molecule has 3 atom stereocenters. The van der Waals surface area contributed by atoms with Crippen LogP contribution in [0.2, 0.25) is 0 Å². The summed E-state index contributed by atoms with van der Waals surface area (Å²) < 4.78 is 33.1. The molecule has 1 saturated carbocycles. The van der Waals surface area contributed by atoms with Crippen molar-refractivity contribution in [2.24, 2.45) is 17.6 Å². The number of hydrogen-bond donors (Lipinski definition) is 2. The van der Waals surface area contributed by atoms with E-state index >= 15 is 0 Å². The SMILES string of the molecule is COCCNS(=O)(=O)N1CC2CCCC(N)C2C1. The summed E-state index contributed by atoms with van der Waals surface area (Å²) in [5.41, 5.74) is 6.09. The van der Waals surface area contributed by atoms with Crippen molar-refractivity contribution in [3.63, 3.8) is 0 Å². The molecule has 0 spiro atoms. The zero-order valence-electron chi connectivity index (χ0n) is 10.8. The van der Waals surface area contributed by atoms with E-state index in [9.17, 15) is 8.42 Å². The molecule has 1 saturated heterocycles. The Balaban J connectivity index is 1.94. The highest BCUT2D eigenvalue weighted by Crippen LogP contribution is 2.36. The monoisotopic (exact) mass is 277 g/mol.